The van der Waals surface area contributed by atoms with E-state index in [1.165, 1.54) is 4.90 Å². The van der Waals surface area contributed by atoms with Crippen LogP contribution in [0, 0.1) is 0 Å². The molecule has 1 heterocycles. The van der Waals surface area contributed by atoms with Gasteiger partial charge in [0.05, 0.1) is 18.2 Å². The molecule has 1 fully saturated rings. The lowest BCUT2D eigenvalue weighted by Crippen LogP contribution is -2.29. The third kappa shape index (κ3) is 5.91. The highest BCUT2D eigenvalue weighted by atomic mass is 16.5. The molecule has 1 unspecified atom stereocenters. The van der Waals surface area contributed by atoms with Gasteiger partial charge in [-0.15, -0.1) is 0 Å². The number of nitrogens with zero attached hydrogens (tertiary/aromatic N) is 1. The number of aliphatic hydroxyl groups excluding tert-OH is 1. The first-order valence-electron chi connectivity index (χ1n) is 13.4. The molecule has 6 heteroatoms. The third-order valence-electron chi connectivity index (χ3n) is 6.76. The van der Waals surface area contributed by atoms with Crippen molar-refractivity contribution in [3.8, 4) is 11.5 Å². The summed E-state index contributed by atoms with van der Waals surface area (Å²) in [6.45, 7) is 3.18. The molecule has 6 nitrogen and oxygen atoms in total. The van der Waals surface area contributed by atoms with E-state index in [0.717, 1.165) is 17.5 Å². The van der Waals surface area contributed by atoms with Crippen LogP contribution in [0.3, 0.4) is 0 Å². The number of likely N-dealkylation sites (tertiary alicyclic amines) is 1. The average molecular weight is 534 g/mol. The van der Waals surface area contributed by atoms with Crippen LogP contribution in [0.5, 0.6) is 11.5 Å². The minimum atomic E-state index is -0.774. The van der Waals surface area contributed by atoms with Crippen molar-refractivity contribution in [3.63, 3.8) is 0 Å². The smallest absolute Gasteiger partial charge is 0.295 e. The Labute approximate surface area is 234 Å². The van der Waals surface area contributed by atoms with E-state index in [1.807, 2.05) is 91.9 Å². The fourth-order valence-corrected chi connectivity index (χ4v) is 4.77. The Morgan fingerprint density at radius 1 is 0.775 bits per heavy atom. The van der Waals surface area contributed by atoms with Crippen molar-refractivity contribution in [1.29, 1.82) is 0 Å². The molecule has 0 radical (unpaired) electrons. The number of carbonyl (C=O) groups is 2. The van der Waals surface area contributed by atoms with Crippen LogP contribution in [0.2, 0.25) is 0 Å². The number of hydrogen-bond donors (Lipinski definition) is 1. The van der Waals surface area contributed by atoms with Crippen LogP contribution in [0.15, 0.2) is 115 Å². The zero-order chi connectivity index (χ0) is 27.9. The maximum absolute atomic E-state index is 13.4. The molecule has 5 rings (SSSR count). The van der Waals surface area contributed by atoms with E-state index in [1.54, 1.807) is 24.3 Å². The van der Waals surface area contributed by atoms with Gasteiger partial charge in [-0.25, -0.2) is 0 Å². The molecule has 1 atom stereocenters. The molecule has 202 valence electrons. The van der Waals surface area contributed by atoms with Gasteiger partial charge in [0.1, 0.15) is 23.9 Å². The Morgan fingerprint density at radius 3 is 2.12 bits per heavy atom. The molecule has 1 amide bonds. The number of amides is 1. The van der Waals surface area contributed by atoms with E-state index in [4.69, 9.17) is 9.47 Å². The van der Waals surface area contributed by atoms with Crippen LogP contribution in [-0.2, 0) is 22.7 Å². The van der Waals surface area contributed by atoms with Gasteiger partial charge < -0.3 is 19.5 Å². The van der Waals surface area contributed by atoms with Gasteiger partial charge in [0, 0.05) is 12.1 Å². The van der Waals surface area contributed by atoms with Crippen LogP contribution in [0.4, 0.5) is 0 Å². The summed E-state index contributed by atoms with van der Waals surface area (Å²) in [5, 5.41) is 11.4. The molecule has 4 aromatic rings. The van der Waals surface area contributed by atoms with Crippen molar-refractivity contribution >= 4 is 17.4 Å². The summed E-state index contributed by atoms with van der Waals surface area (Å²) in [7, 11) is 0. The number of Topliss-reactive ketones (excluding diaryl/α,β-unsaturated/α-hetero) is 1. The number of ether oxygens (including phenoxy) is 2. The quantitative estimate of drug-likeness (QED) is 0.140. The maximum atomic E-state index is 13.4. The number of carbonyl (C=O) groups excluding carboxylic acids is 2. The average Bonchev–Trinajstić information content (AvgIpc) is 3.25. The minimum Gasteiger partial charge on any atom is -0.507 e. The fraction of sp³-hybridized carbons (Fsp3) is 0.176. The molecule has 1 aliphatic rings. The summed E-state index contributed by atoms with van der Waals surface area (Å²) in [5.74, 6) is -0.361. The van der Waals surface area contributed by atoms with Crippen molar-refractivity contribution in [2.45, 2.75) is 32.5 Å². The minimum absolute atomic E-state index is 0.0477. The molecule has 1 saturated heterocycles. The second kappa shape index (κ2) is 12.3. The third-order valence-corrected chi connectivity index (χ3v) is 6.76. The first kappa shape index (κ1) is 26.8. The predicted molar refractivity (Wildman–Crippen MR) is 154 cm³/mol. The van der Waals surface area contributed by atoms with Gasteiger partial charge in [0.25, 0.3) is 11.7 Å². The molecule has 1 aliphatic heterocycles. The first-order chi connectivity index (χ1) is 19.5. The number of rotatable bonds is 10. The topological polar surface area (TPSA) is 76.1 Å². The highest BCUT2D eigenvalue weighted by Crippen LogP contribution is 2.41. The molecule has 0 aliphatic carbocycles. The van der Waals surface area contributed by atoms with E-state index in [0.29, 0.717) is 35.8 Å². The second-order valence-corrected chi connectivity index (χ2v) is 9.63. The van der Waals surface area contributed by atoms with Crippen molar-refractivity contribution in [1.82, 2.24) is 4.90 Å². The molecule has 0 spiro atoms. The lowest BCUT2D eigenvalue weighted by atomic mass is 9.95. The van der Waals surface area contributed by atoms with Gasteiger partial charge in [0.2, 0.25) is 0 Å². The summed E-state index contributed by atoms with van der Waals surface area (Å²) >= 11 is 0. The summed E-state index contributed by atoms with van der Waals surface area (Å²) in [4.78, 5) is 28.3. The predicted octanol–water partition coefficient (Wildman–Crippen LogP) is 6.68. The largest absolute Gasteiger partial charge is 0.507 e. The highest BCUT2D eigenvalue weighted by molar-refractivity contribution is 6.46. The number of hydrogen-bond acceptors (Lipinski definition) is 5. The van der Waals surface area contributed by atoms with Crippen LogP contribution in [-0.4, -0.2) is 28.3 Å². The van der Waals surface area contributed by atoms with Crippen LogP contribution in [0.1, 0.15) is 41.6 Å². The molecule has 0 bridgehead atoms. The monoisotopic (exact) mass is 533 g/mol. The number of aliphatic hydroxyl groups is 1. The fourth-order valence-electron chi connectivity index (χ4n) is 4.77. The molecule has 0 saturated carbocycles. The second-order valence-electron chi connectivity index (χ2n) is 9.63. The van der Waals surface area contributed by atoms with Crippen molar-refractivity contribution < 1.29 is 24.2 Å². The van der Waals surface area contributed by atoms with Crippen molar-refractivity contribution in [3.05, 3.63) is 137 Å². The molecule has 0 aromatic heterocycles. The van der Waals surface area contributed by atoms with E-state index in [-0.39, 0.29) is 17.9 Å². The van der Waals surface area contributed by atoms with Crippen LogP contribution in [0.25, 0.3) is 5.76 Å². The Kier molecular flexibility index (Phi) is 8.26. The van der Waals surface area contributed by atoms with Gasteiger partial charge in [-0.1, -0.05) is 91.9 Å². The molecule has 1 N–H and O–H groups in total. The van der Waals surface area contributed by atoms with Gasteiger partial charge >= 0.3 is 0 Å². The standard InChI is InChI=1S/C34H31NO5/c1-2-20-39-29-15-9-14-27(21-29)32(36)30-31(35(34(38)33(30)37)22-24-10-5-3-6-11-24)26-16-18-28(19-17-26)40-23-25-12-7-4-8-13-25/h3-19,21,31,36H,2,20,22-23H2,1H3/b32-30+. The lowest BCUT2D eigenvalue weighted by Gasteiger charge is -2.25. The van der Waals surface area contributed by atoms with Gasteiger partial charge in [0.15, 0.2) is 0 Å². The van der Waals surface area contributed by atoms with Crippen molar-refractivity contribution in [2.75, 3.05) is 6.61 Å². The Morgan fingerprint density at radius 2 is 1.45 bits per heavy atom. The highest BCUT2D eigenvalue weighted by Gasteiger charge is 2.46. The Hall–Kier alpha value is -4.84. The summed E-state index contributed by atoms with van der Waals surface area (Å²) in [6.07, 6.45) is 0.839. The number of benzene rings is 4. The molecular formula is C34H31NO5. The van der Waals surface area contributed by atoms with Gasteiger partial charge in [-0.05, 0) is 47.4 Å². The maximum Gasteiger partial charge on any atom is 0.295 e. The molecule has 40 heavy (non-hydrogen) atoms. The summed E-state index contributed by atoms with van der Waals surface area (Å²) in [6, 6.07) is 32.8. The number of ketones is 1. The summed E-state index contributed by atoms with van der Waals surface area (Å²) in [5.41, 5.74) is 3.09. The summed E-state index contributed by atoms with van der Waals surface area (Å²) < 4.78 is 11.7. The van der Waals surface area contributed by atoms with E-state index in [2.05, 4.69) is 0 Å². The van der Waals surface area contributed by atoms with E-state index >= 15 is 0 Å². The van der Waals surface area contributed by atoms with Gasteiger partial charge in [-0.2, -0.15) is 0 Å². The van der Waals surface area contributed by atoms with E-state index < -0.39 is 17.7 Å². The van der Waals surface area contributed by atoms with Crippen LogP contribution < -0.4 is 9.47 Å². The normalized spacial score (nSPS) is 16.2. The molecular weight excluding hydrogens is 502 g/mol. The zero-order valence-corrected chi connectivity index (χ0v) is 22.3. The lowest BCUT2D eigenvalue weighted by molar-refractivity contribution is -0.140. The van der Waals surface area contributed by atoms with Gasteiger partial charge in [-0.3, -0.25) is 9.59 Å². The van der Waals surface area contributed by atoms with Crippen molar-refractivity contribution in [2.24, 2.45) is 0 Å². The Bertz CT molecular complexity index is 1500. The molecule has 4 aromatic carbocycles. The Balaban J connectivity index is 1.51. The SMILES string of the molecule is CCCOc1cccc(/C(O)=C2\C(=O)C(=O)N(Cc3ccccc3)C2c2ccc(OCc3ccccc3)cc2)c1. The zero-order valence-electron chi connectivity index (χ0n) is 22.3. The van der Waals surface area contributed by atoms with E-state index in [9.17, 15) is 14.7 Å². The first-order valence-corrected chi connectivity index (χ1v) is 13.4. The van der Waals surface area contributed by atoms with Crippen LogP contribution >= 0.6 is 0 Å².